The highest BCUT2D eigenvalue weighted by Crippen LogP contribution is 2.37. The molecule has 0 bridgehead atoms. The van der Waals surface area contributed by atoms with E-state index in [1.165, 1.54) is 0 Å². The third-order valence-electron chi connectivity index (χ3n) is 7.05. The highest BCUT2D eigenvalue weighted by atomic mass is 16.5. The Hall–Kier alpha value is -2.87. The summed E-state index contributed by atoms with van der Waals surface area (Å²) in [6.45, 7) is 8.84. The lowest BCUT2D eigenvalue weighted by Gasteiger charge is -2.36. The molecule has 1 spiro atoms. The molecule has 2 aromatic rings. The fourth-order valence-electron chi connectivity index (χ4n) is 5.03. The van der Waals surface area contributed by atoms with Crippen molar-refractivity contribution in [2.24, 2.45) is 11.3 Å². The van der Waals surface area contributed by atoms with E-state index < -0.39 is 5.97 Å². The first kappa shape index (κ1) is 24.3. The van der Waals surface area contributed by atoms with Crippen molar-refractivity contribution in [3.63, 3.8) is 0 Å². The number of benzene rings is 1. The molecule has 0 unspecified atom stereocenters. The largest absolute Gasteiger partial charge is 0.496 e. The zero-order chi connectivity index (χ0) is 24.3. The van der Waals surface area contributed by atoms with Crippen molar-refractivity contribution in [1.29, 1.82) is 0 Å². The van der Waals surface area contributed by atoms with Gasteiger partial charge in [0.05, 0.1) is 30.7 Å². The number of nitrogens with one attached hydrogen (secondary N) is 1. The van der Waals surface area contributed by atoms with E-state index in [0.717, 1.165) is 41.8 Å². The van der Waals surface area contributed by atoms with Crippen LogP contribution in [0.3, 0.4) is 0 Å². The summed E-state index contributed by atoms with van der Waals surface area (Å²) in [6, 6.07) is 5.48. The van der Waals surface area contributed by atoms with Crippen LogP contribution in [-0.2, 0) is 28.9 Å². The van der Waals surface area contributed by atoms with E-state index >= 15 is 0 Å². The minimum absolute atomic E-state index is 0.000944. The monoisotopic (exact) mass is 469 g/mol. The maximum Gasteiger partial charge on any atom is 0.342 e. The van der Waals surface area contributed by atoms with E-state index in [1.807, 2.05) is 37.6 Å². The van der Waals surface area contributed by atoms with Crippen LogP contribution in [0.5, 0.6) is 5.75 Å². The summed E-state index contributed by atoms with van der Waals surface area (Å²) < 4.78 is 18.6. The quantitative estimate of drug-likeness (QED) is 0.626. The number of hydrogen-bond donors (Lipinski definition) is 1. The van der Waals surface area contributed by atoms with Crippen LogP contribution in [0.2, 0.25) is 0 Å². The number of aromatic nitrogens is 2. The maximum absolute atomic E-state index is 13.0. The summed E-state index contributed by atoms with van der Waals surface area (Å²) in [5.41, 5.74) is 3.81. The molecule has 1 amide bonds. The fourth-order valence-corrected chi connectivity index (χ4v) is 5.03. The first-order valence-electron chi connectivity index (χ1n) is 12.1. The first-order valence-corrected chi connectivity index (χ1v) is 12.1. The van der Waals surface area contributed by atoms with Gasteiger partial charge in [0, 0.05) is 32.2 Å². The van der Waals surface area contributed by atoms with Crippen LogP contribution in [0, 0.1) is 18.3 Å². The number of methoxy groups -OCH3 is 1. The number of esters is 1. The second kappa shape index (κ2) is 10.2. The van der Waals surface area contributed by atoms with Crippen molar-refractivity contribution in [2.75, 3.05) is 33.5 Å². The van der Waals surface area contributed by atoms with E-state index in [4.69, 9.17) is 19.3 Å². The lowest BCUT2D eigenvalue weighted by molar-refractivity contribution is 0.0151. The van der Waals surface area contributed by atoms with Crippen LogP contribution in [0.25, 0.3) is 0 Å². The predicted octanol–water partition coefficient (Wildman–Crippen LogP) is 3.34. The van der Waals surface area contributed by atoms with Crippen LogP contribution in [0.1, 0.15) is 64.4 Å². The standard InChI is InChI=1S/C26H35N3O5/c1-5-19-23-20(13-26(16-27-24(23)30)9-11-33-12-10-26)29(28-19)14-17(2)15-34-25(31)22-18(3)7-6-8-21(22)32-4/h6-8,17H,5,9-16H2,1-4H3,(H,27,30)/t17-/m1/s1. The van der Waals surface area contributed by atoms with E-state index in [9.17, 15) is 9.59 Å². The van der Waals surface area contributed by atoms with Gasteiger partial charge in [-0.1, -0.05) is 26.0 Å². The Balaban J connectivity index is 1.51. The average Bonchev–Trinajstić information content (AvgIpc) is 3.10. The second-order valence-electron chi connectivity index (χ2n) is 9.63. The van der Waals surface area contributed by atoms with E-state index in [-0.39, 0.29) is 23.8 Å². The van der Waals surface area contributed by atoms with Crippen molar-refractivity contribution in [2.45, 2.75) is 53.0 Å². The molecule has 1 atom stereocenters. The molecule has 2 aliphatic heterocycles. The van der Waals surface area contributed by atoms with Crippen LogP contribution >= 0.6 is 0 Å². The highest BCUT2D eigenvalue weighted by Gasteiger charge is 2.39. The maximum atomic E-state index is 13.0. The Morgan fingerprint density at radius 3 is 2.79 bits per heavy atom. The molecule has 1 aromatic heterocycles. The Kier molecular flexibility index (Phi) is 7.26. The van der Waals surface area contributed by atoms with Crippen molar-refractivity contribution >= 4 is 11.9 Å². The number of amides is 1. The summed E-state index contributed by atoms with van der Waals surface area (Å²) in [7, 11) is 1.55. The summed E-state index contributed by atoms with van der Waals surface area (Å²) >= 11 is 0. The first-order chi connectivity index (χ1) is 16.4. The van der Waals surface area contributed by atoms with Gasteiger partial charge in [-0.05, 0) is 49.7 Å². The van der Waals surface area contributed by atoms with Crippen LogP contribution in [-0.4, -0.2) is 55.1 Å². The number of aryl methyl sites for hydroxylation is 2. The van der Waals surface area contributed by atoms with Crippen LogP contribution in [0.4, 0.5) is 0 Å². The number of fused-ring (bicyclic) bond motifs is 1. The van der Waals surface area contributed by atoms with Gasteiger partial charge in [-0.25, -0.2) is 4.79 Å². The smallest absolute Gasteiger partial charge is 0.342 e. The van der Waals surface area contributed by atoms with Gasteiger partial charge < -0.3 is 19.5 Å². The van der Waals surface area contributed by atoms with Gasteiger partial charge in [-0.15, -0.1) is 0 Å². The number of carbonyl (C=O) groups excluding carboxylic acids is 2. The van der Waals surface area contributed by atoms with Crippen LogP contribution < -0.4 is 10.1 Å². The van der Waals surface area contributed by atoms with Gasteiger partial charge in [-0.2, -0.15) is 5.10 Å². The molecular formula is C26H35N3O5. The number of nitrogens with zero attached hydrogens (tertiary/aromatic N) is 2. The van der Waals surface area contributed by atoms with Crippen molar-refractivity contribution in [3.8, 4) is 5.75 Å². The molecule has 3 heterocycles. The summed E-state index contributed by atoms with van der Waals surface area (Å²) in [6.07, 6.45) is 3.33. The number of carbonyl (C=O) groups is 2. The Morgan fingerprint density at radius 2 is 2.09 bits per heavy atom. The molecule has 1 N–H and O–H groups in total. The molecule has 8 heteroatoms. The van der Waals surface area contributed by atoms with Crippen molar-refractivity contribution < 1.29 is 23.8 Å². The minimum atomic E-state index is -0.393. The van der Waals surface area contributed by atoms with Crippen molar-refractivity contribution in [3.05, 3.63) is 46.3 Å². The molecule has 184 valence electrons. The number of rotatable bonds is 7. The number of ether oxygens (including phenoxy) is 3. The third kappa shape index (κ3) is 4.82. The molecule has 0 aliphatic carbocycles. The zero-order valence-electron chi connectivity index (χ0n) is 20.6. The highest BCUT2D eigenvalue weighted by molar-refractivity contribution is 5.97. The molecule has 0 radical (unpaired) electrons. The molecular weight excluding hydrogens is 434 g/mol. The van der Waals surface area contributed by atoms with E-state index in [0.29, 0.717) is 44.0 Å². The molecule has 34 heavy (non-hydrogen) atoms. The SMILES string of the molecule is CCc1nn(C[C@@H](C)COC(=O)c2c(C)cccc2OC)c2c1C(=O)NCC1(CCOCC1)C2. The Morgan fingerprint density at radius 1 is 1.32 bits per heavy atom. The van der Waals surface area contributed by atoms with Gasteiger partial charge in [-0.3, -0.25) is 9.48 Å². The van der Waals surface area contributed by atoms with Crippen LogP contribution in [0.15, 0.2) is 18.2 Å². The summed E-state index contributed by atoms with van der Waals surface area (Å²) in [5.74, 6) is 0.100. The summed E-state index contributed by atoms with van der Waals surface area (Å²) in [4.78, 5) is 25.8. The molecule has 1 aromatic carbocycles. The summed E-state index contributed by atoms with van der Waals surface area (Å²) in [5, 5.41) is 7.96. The van der Waals surface area contributed by atoms with E-state index in [1.54, 1.807) is 13.2 Å². The molecule has 8 nitrogen and oxygen atoms in total. The zero-order valence-corrected chi connectivity index (χ0v) is 20.6. The van der Waals surface area contributed by atoms with Crippen molar-refractivity contribution in [1.82, 2.24) is 15.1 Å². The van der Waals surface area contributed by atoms with Gasteiger partial charge in [0.2, 0.25) is 0 Å². The van der Waals surface area contributed by atoms with Gasteiger partial charge in [0.25, 0.3) is 5.91 Å². The predicted molar refractivity (Wildman–Crippen MR) is 127 cm³/mol. The molecule has 1 saturated heterocycles. The number of hydrogen-bond acceptors (Lipinski definition) is 6. The minimum Gasteiger partial charge on any atom is -0.496 e. The Labute approximate surface area is 201 Å². The molecule has 2 aliphatic rings. The second-order valence-corrected chi connectivity index (χ2v) is 9.63. The average molecular weight is 470 g/mol. The topological polar surface area (TPSA) is 91.7 Å². The third-order valence-corrected chi connectivity index (χ3v) is 7.05. The van der Waals surface area contributed by atoms with Gasteiger partial charge in [0.1, 0.15) is 11.3 Å². The lowest BCUT2D eigenvalue weighted by Crippen LogP contribution is -2.41. The van der Waals surface area contributed by atoms with Gasteiger partial charge in [0.15, 0.2) is 0 Å². The van der Waals surface area contributed by atoms with E-state index in [2.05, 4.69) is 5.32 Å². The molecule has 4 rings (SSSR count). The molecule has 0 saturated carbocycles. The normalized spacial score (nSPS) is 18.1. The Bertz CT molecular complexity index is 1050. The molecule has 1 fully saturated rings. The fraction of sp³-hybridized carbons (Fsp3) is 0.577. The van der Waals surface area contributed by atoms with Gasteiger partial charge >= 0.3 is 5.97 Å². The lowest BCUT2D eigenvalue weighted by atomic mass is 9.76.